The van der Waals surface area contributed by atoms with Crippen LogP contribution in [0.2, 0.25) is 0 Å². The number of benzene rings is 4. The minimum atomic E-state index is -4.80. The zero-order valence-electron chi connectivity index (χ0n) is 45.7. The Bertz CT molecular complexity index is 3110. The van der Waals surface area contributed by atoms with Gasteiger partial charge in [0.15, 0.2) is 10.9 Å². The van der Waals surface area contributed by atoms with Crippen molar-refractivity contribution in [3.8, 4) is 28.0 Å². The number of anilines is 2. The molecule has 1 aromatic heterocycles. The molecule has 22 heteroatoms. The summed E-state index contributed by atoms with van der Waals surface area (Å²) in [6.45, 7) is 12.4. The number of amides is 3. The number of carbonyl (C=O) groups is 4. The van der Waals surface area contributed by atoms with Gasteiger partial charge in [-0.1, -0.05) is 44.2 Å². The van der Waals surface area contributed by atoms with Crippen molar-refractivity contribution in [2.24, 2.45) is 5.92 Å². The molecule has 0 bridgehead atoms. The monoisotopic (exact) mass is 1150 g/mol. The van der Waals surface area contributed by atoms with E-state index in [9.17, 15) is 42.7 Å². The molecule has 0 saturated carbocycles. The van der Waals surface area contributed by atoms with E-state index in [0.29, 0.717) is 75.4 Å². The number of aliphatic hydroxyl groups excluding tert-OH is 1. The van der Waals surface area contributed by atoms with E-state index in [1.54, 1.807) is 71.6 Å². The number of fused-ring (bicyclic) bond motifs is 1. The van der Waals surface area contributed by atoms with Crippen LogP contribution in [-0.4, -0.2) is 145 Å². The Morgan fingerprint density at radius 2 is 1.49 bits per heavy atom. The number of carbonyl (C=O) groups excluding carboxylic acids is 4. The Balaban J connectivity index is 0.710. The van der Waals surface area contributed by atoms with Gasteiger partial charge in [-0.05, 0) is 117 Å². The molecule has 3 aliphatic rings. The first-order valence-electron chi connectivity index (χ1n) is 26.7. The van der Waals surface area contributed by atoms with Crippen LogP contribution in [0, 0.1) is 24.2 Å². The summed E-state index contributed by atoms with van der Waals surface area (Å²) in [5, 5.41) is 20.0. The lowest BCUT2D eigenvalue weighted by Crippen LogP contribution is -2.54. The minimum absolute atomic E-state index is 0.0106. The third-order valence-corrected chi connectivity index (χ3v) is 15.6. The van der Waals surface area contributed by atoms with E-state index in [2.05, 4.69) is 4.98 Å². The van der Waals surface area contributed by atoms with Gasteiger partial charge in [-0.15, -0.1) is 11.3 Å². The lowest BCUT2D eigenvalue weighted by atomic mass is 9.97. The second kappa shape index (κ2) is 26.8. The van der Waals surface area contributed by atoms with Crippen molar-refractivity contribution in [1.82, 2.24) is 14.8 Å². The molecule has 4 aromatic carbocycles. The van der Waals surface area contributed by atoms with E-state index in [-0.39, 0.29) is 80.1 Å². The molecule has 0 aliphatic carbocycles. The van der Waals surface area contributed by atoms with Crippen molar-refractivity contribution in [3.63, 3.8) is 0 Å². The second-order valence-electron chi connectivity index (χ2n) is 20.5. The number of hydrogen-bond donors (Lipinski definition) is 1. The van der Waals surface area contributed by atoms with Crippen LogP contribution in [0.5, 0.6) is 11.5 Å². The third-order valence-electron chi connectivity index (χ3n) is 14.3. The largest absolute Gasteiger partial charge is 0.491 e. The second-order valence-corrected chi connectivity index (χ2v) is 21.7. The number of aliphatic hydroxyl groups is 1. The molecule has 3 atom stereocenters. The van der Waals surface area contributed by atoms with E-state index in [0.717, 1.165) is 44.3 Å². The van der Waals surface area contributed by atoms with Crippen molar-refractivity contribution < 1.29 is 65.9 Å². The number of likely N-dealkylation sites (tertiary alicyclic amines) is 1. The first-order chi connectivity index (χ1) is 38.8. The van der Waals surface area contributed by atoms with Gasteiger partial charge in [0.05, 0.1) is 104 Å². The zero-order valence-corrected chi connectivity index (χ0v) is 47.4. The molecule has 0 radical (unpaired) electrons. The number of ketones is 1. The van der Waals surface area contributed by atoms with Gasteiger partial charge in [0, 0.05) is 37.2 Å². The van der Waals surface area contributed by atoms with Crippen molar-refractivity contribution in [3.05, 3.63) is 124 Å². The molecule has 4 heterocycles. The molecule has 1 N–H and O–H groups in total. The molecule has 5 aromatic rings. The number of aromatic nitrogens is 1. The normalized spacial score (nSPS) is 17.3. The van der Waals surface area contributed by atoms with Crippen LogP contribution in [0.3, 0.4) is 0 Å². The molecule has 430 valence electrons. The first-order valence-corrected chi connectivity index (χ1v) is 28.0. The number of thiazole rings is 1. The standard InChI is InChI=1S/C59H65F3N6O11S2/c1-37(2)52(66-34-42-8-6-7-9-47(42)54(66)71)55(72)65-35-45(69)32-49(65)50(70)19-13-39-10-11-40(53-38(3)64-36-81-53)30-51(39)79-29-27-77-25-23-75-21-20-74-22-24-76-26-28-78-46-17-15-43(16-18-46)68-57(80)67(56(73)58(68,4)5)44-14-12-41(33-63)48(31-44)59(60,61)62/h6-12,14-18,30-31,36-37,45,49,52,69H,13,19-29,32,34-35H2,1-5H3/t45-,49+,52+/m1/s1. The summed E-state index contributed by atoms with van der Waals surface area (Å²) in [4.78, 5) is 66.4. The Hall–Kier alpha value is -6.84. The number of thiocarbonyl (C=S) groups is 1. The predicted molar refractivity (Wildman–Crippen MR) is 300 cm³/mol. The molecule has 0 unspecified atom stereocenters. The van der Waals surface area contributed by atoms with Gasteiger partial charge >= 0.3 is 6.18 Å². The highest BCUT2D eigenvalue weighted by Crippen LogP contribution is 2.41. The van der Waals surface area contributed by atoms with E-state index in [1.807, 2.05) is 51.1 Å². The number of alkyl halides is 3. The maximum atomic E-state index is 14.3. The van der Waals surface area contributed by atoms with Crippen LogP contribution < -0.4 is 19.3 Å². The lowest BCUT2D eigenvalue weighted by molar-refractivity contribution is -0.142. The third kappa shape index (κ3) is 14.1. The number of rotatable bonds is 27. The van der Waals surface area contributed by atoms with Crippen molar-refractivity contribution in [1.29, 1.82) is 5.26 Å². The smallest absolute Gasteiger partial charge is 0.417 e. The van der Waals surface area contributed by atoms with Gasteiger partial charge in [0.1, 0.15) is 36.3 Å². The predicted octanol–water partition coefficient (Wildman–Crippen LogP) is 8.59. The number of Topliss-reactive ketones (excluding diaryl/α,β-unsaturated/α-hetero) is 1. The average molecular weight is 1160 g/mol. The van der Waals surface area contributed by atoms with E-state index < -0.39 is 46.9 Å². The van der Waals surface area contributed by atoms with Gasteiger partial charge in [0.25, 0.3) is 11.8 Å². The maximum absolute atomic E-state index is 14.3. The summed E-state index contributed by atoms with van der Waals surface area (Å²) in [7, 11) is 0. The molecule has 3 aliphatic heterocycles. The van der Waals surface area contributed by atoms with Crippen LogP contribution in [0.1, 0.15) is 78.8 Å². The summed E-state index contributed by atoms with van der Waals surface area (Å²) in [5.74, 6) is -0.353. The molecule has 2 fully saturated rings. The highest BCUT2D eigenvalue weighted by Gasteiger charge is 2.51. The van der Waals surface area contributed by atoms with Crippen molar-refractivity contribution in [2.45, 2.75) is 90.3 Å². The summed E-state index contributed by atoms with van der Waals surface area (Å²) >= 11 is 7.15. The highest BCUT2D eigenvalue weighted by molar-refractivity contribution is 7.81. The number of halogens is 3. The molecule has 3 amide bonds. The number of aryl methyl sites for hydroxylation is 2. The molecule has 0 spiro atoms. The quantitative estimate of drug-likeness (QED) is 0.0388. The molecular formula is C59H65F3N6O11S2. The van der Waals surface area contributed by atoms with Gasteiger partial charge in [-0.2, -0.15) is 18.4 Å². The van der Waals surface area contributed by atoms with Crippen LogP contribution in [0.25, 0.3) is 10.4 Å². The fourth-order valence-corrected chi connectivity index (χ4v) is 11.5. The van der Waals surface area contributed by atoms with Crippen LogP contribution in [-0.2, 0) is 52.5 Å². The molecule has 17 nitrogen and oxygen atoms in total. The average Bonchev–Trinajstić information content (AvgIpc) is 4.39. The van der Waals surface area contributed by atoms with Gasteiger partial charge in [0.2, 0.25) is 5.91 Å². The van der Waals surface area contributed by atoms with E-state index >= 15 is 0 Å². The summed E-state index contributed by atoms with van der Waals surface area (Å²) in [6, 6.07) is 22.9. The fourth-order valence-electron chi connectivity index (χ4n) is 10.2. The Kier molecular flexibility index (Phi) is 20.0. The summed E-state index contributed by atoms with van der Waals surface area (Å²) in [6.07, 6.45) is -5.10. The number of nitriles is 1. The van der Waals surface area contributed by atoms with Crippen LogP contribution >= 0.6 is 23.6 Å². The van der Waals surface area contributed by atoms with Crippen LogP contribution in [0.15, 0.2) is 90.4 Å². The van der Waals surface area contributed by atoms with Gasteiger partial charge in [-0.3, -0.25) is 24.1 Å². The molecule has 8 rings (SSSR count). The first kappa shape index (κ1) is 60.3. The molecule has 2 saturated heterocycles. The van der Waals surface area contributed by atoms with Crippen molar-refractivity contribution in [2.75, 3.05) is 82.4 Å². The highest BCUT2D eigenvalue weighted by atomic mass is 32.1. The zero-order chi connectivity index (χ0) is 58.0. The number of hydrogen-bond acceptors (Lipinski definition) is 15. The Morgan fingerprint density at radius 3 is 2.10 bits per heavy atom. The Morgan fingerprint density at radius 1 is 0.864 bits per heavy atom. The fraction of sp³-hybridized carbons (Fsp3) is 0.441. The van der Waals surface area contributed by atoms with Gasteiger partial charge < -0.3 is 48.2 Å². The topological polar surface area (TPSA) is 194 Å². The molecular weight excluding hydrogens is 1090 g/mol. The van der Waals surface area contributed by atoms with Gasteiger partial charge in [-0.25, -0.2) is 4.98 Å². The molecule has 81 heavy (non-hydrogen) atoms. The lowest BCUT2D eigenvalue weighted by Gasteiger charge is -2.35. The SMILES string of the molecule is Cc1ncsc1-c1ccc(CCC(=O)[C@@H]2C[C@@H](O)CN2C(=O)[C@H](C(C)C)N2Cc3ccccc3C2=O)c(OCCOCCOCCOCCOCCOc2ccc(N3C(=S)N(c4ccc(C#N)c(C(F)(F)F)c4)C(=O)C3(C)C)cc2)c1. The van der Waals surface area contributed by atoms with E-state index in [4.69, 9.17) is 40.6 Å². The summed E-state index contributed by atoms with van der Waals surface area (Å²) in [5.41, 5.74) is 3.34. The number of nitrogens with zero attached hydrogens (tertiary/aromatic N) is 6. The minimum Gasteiger partial charge on any atom is -0.491 e. The van der Waals surface area contributed by atoms with Crippen molar-refractivity contribution >= 4 is 63.5 Å². The Labute approximate surface area is 478 Å². The van der Waals surface area contributed by atoms with Crippen LogP contribution in [0.4, 0.5) is 24.5 Å². The maximum Gasteiger partial charge on any atom is 0.417 e. The number of ether oxygens (including phenoxy) is 6. The van der Waals surface area contributed by atoms with E-state index in [1.165, 1.54) is 22.3 Å². The summed E-state index contributed by atoms with van der Waals surface area (Å²) < 4.78 is 76.0. The number of β-amino-alcohol motifs (C(OH)–C–C–N with tert-alkyl or cyclic N) is 1.